The number of nitro benzene ring substituents is 1. The number of nitrogens with zero attached hydrogens (tertiary/aromatic N) is 1. The number of amides is 1. The van der Waals surface area contributed by atoms with Crippen molar-refractivity contribution in [2.45, 2.75) is 26.9 Å². The minimum atomic E-state index is -0.509. The summed E-state index contributed by atoms with van der Waals surface area (Å²) >= 11 is 0. The Balaban J connectivity index is 3.11. The van der Waals surface area contributed by atoms with Crippen LogP contribution in [-0.2, 0) is 4.79 Å². The van der Waals surface area contributed by atoms with E-state index in [-0.39, 0.29) is 17.7 Å². The van der Waals surface area contributed by atoms with Crippen LogP contribution in [0.3, 0.4) is 0 Å². The van der Waals surface area contributed by atoms with Crippen molar-refractivity contribution in [2.24, 2.45) is 0 Å². The van der Waals surface area contributed by atoms with Crippen LogP contribution in [0.15, 0.2) is 18.2 Å². The van der Waals surface area contributed by atoms with Gasteiger partial charge in [-0.25, -0.2) is 0 Å². The van der Waals surface area contributed by atoms with Crippen LogP contribution in [0.5, 0.6) is 5.75 Å². The number of nitrogens with one attached hydrogen (secondary N) is 1. The summed E-state index contributed by atoms with van der Waals surface area (Å²) < 4.78 is 5.42. The normalized spacial score (nSPS) is 10.1. The van der Waals surface area contributed by atoms with E-state index in [9.17, 15) is 14.9 Å². The summed E-state index contributed by atoms with van der Waals surface area (Å²) in [6.45, 7) is 4.97. The molecule has 1 aromatic carbocycles. The van der Waals surface area contributed by atoms with E-state index in [1.807, 2.05) is 0 Å². The molecular weight excluding hydrogens is 224 g/mol. The third-order valence-corrected chi connectivity index (χ3v) is 1.85. The highest BCUT2D eigenvalue weighted by Gasteiger charge is 2.13. The van der Waals surface area contributed by atoms with Gasteiger partial charge in [0.2, 0.25) is 5.91 Å². The highest BCUT2D eigenvalue weighted by Crippen LogP contribution is 2.30. The van der Waals surface area contributed by atoms with E-state index in [0.717, 1.165) is 0 Å². The first-order valence-electron chi connectivity index (χ1n) is 5.13. The van der Waals surface area contributed by atoms with E-state index < -0.39 is 4.92 Å². The summed E-state index contributed by atoms with van der Waals surface area (Å²) in [5.74, 6) is 0.0388. The molecule has 0 fully saturated rings. The van der Waals surface area contributed by atoms with Gasteiger partial charge in [-0.2, -0.15) is 0 Å². The third-order valence-electron chi connectivity index (χ3n) is 1.85. The smallest absolute Gasteiger partial charge is 0.273 e. The second-order valence-electron chi connectivity index (χ2n) is 3.79. The van der Waals surface area contributed by atoms with Crippen molar-refractivity contribution in [3.8, 4) is 5.75 Å². The number of ether oxygens (including phenoxy) is 1. The van der Waals surface area contributed by atoms with Crippen molar-refractivity contribution in [3.05, 3.63) is 28.3 Å². The summed E-state index contributed by atoms with van der Waals surface area (Å²) in [5, 5.41) is 13.2. The first-order valence-corrected chi connectivity index (χ1v) is 5.13. The average Bonchev–Trinajstić information content (AvgIpc) is 2.18. The molecule has 17 heavy (non-hydrogen) atoms. The van der Waals surface area contributed by atoms with Crippen molar-refractivity contribution < 1.29 is 14.5 Å². The Labute approximate surface area is 98.7 Å². The molecule has 0 bridgehead atoms. The minimum absolute atomic E-state index is 0.0743. The van der Waals surface area contributed by atoms with E-state index >= 15 is 0 Å². The van der Waals surface area contributed by atoms with Gasteiger partial charge >= 0.3 is 0 Å². The quantitative estimate of drug-likeness (QED) is 0.644. The van der Waals surface area contributed by atoms with E-state index in [1.165, 1.54) is 25.1 Å². The predicted octanol–water partition coefficient (Wildman–Crippen LogP) is 2.34. The molecule has 0 heterocycles. The Bertz CT molecular complexity index is 443. The molecule has 6 nitrogen and oxygen atoms in total. The van der Waals surface area contributed by atoms with Gasteiger partial charge in [-0.1, -0.05) is 0 Å². The first-order chi connectivity index (χ1) is 7.90. The van der Waals surface area contributed by atoms with Crippen LogP contribution in [0.1, 0.15) is 20.8 Å². The molecule has 0 spiro atoms. The molecule has 0 aliphatic carbocycles. The van der Waals surface area contributed by atoms with E-state index in [0.29, 0.717) is 11.4 Å². The molecule has 0 aliphatic heterocycles. The number of benzene rings is 1. The second kappa shape index (κ2) is 5.29. The van der Waals surface area contributed by atoms with Crippen LogP contribution in [-0.4, -0.2) is 16.9 Å². The summed E-state index contributed by atoms with van der Waals surface area (Å²) in [6.07, 6.45) is -0.135. The van der Waals surface area contributed by atoms with E-state index in [4.69, 9.17) is 4.74 Å². The average molecular weight is 238 g/mol. The maximum absolute atomic E-state index is 11.0. The van der Waals surface area contributed by atoms with Crippen LogP contribution in [0.25, 0.3) is 0 Å². The molecule has 0 radical (unpaired) electrons. The van der Waals surface area contributed by atoms with Gasteiger partial charge in [0.15, 0.2) is 0 Å². The van der Waals surface area contributed by atoms with E-state index in [2.05, 4.69) is 5.32 Å². The SMILES string of the molecule is CC(=O)Nc1ccc([N+](=O)[O-])cc1OC(C)C. The van der Waals surface area contributed by atoms with Gasteiger partial charge in [-0.05, 0) is 19.9 Å². The number of hydrogen-bond acceptors (Lipinski definition) is 4. The molecule has 0 saturated carbocycles. The molecule has 0 aliphatic rings. The largest absolute Gasteiger partial charge is 0.489 e. The number of non-ortho nitro benzene ring substituents is 1. The topological polar surface area (TPSA) is 81.5 Å². The van der Waals surface area contributed by atoms with Gasteiger partial charge < -0.3 is 10.1 Å². The number of hydrogen-bond donors (Lipinski definition) is 1. The molecular formula is C11H14N2O4. The molecule has 6 heteroatoms. The standard InChI is InChI=1S/C11H14N2O4/c1-7(2)17-11-6-9(13(15)16)4-5-10(11)12-8(3)14/h4-7H,1-3H3,(H,12,14). The zero-order valence-electron chi connectivity index (χ0n) is 9.89. The van der Waals surface area contributed by atoms with E-state index in [1.54, 1.807) is 13.8 Å². The van der Waals surface area contributed by atoms with Crippen LogP contribution in [0.4, 0.5) is 11.4 Å². The summed E-state index contributed by atoms with van der Waals surface area (Å²) in [5.41, 5.74) is 0.353. The molecule has 1 N–H and O–H groups in total. The summed E-state index contributed by atoms with van der Waals surface area (Å²) in [6, 6.07) is 4.07. The molecule has 92 valence electrons. The Morgan fingerprint density at radius 2 is 2.12 bits per heavy atom. The van der Waals surface area contributed by atoms with Crippen molar-refractivity contribution in [2.75, 3.05) is 5.32 Å². The third kappa shape index (κ3) is 3.75. The lowest BCUT2D eigenvalue weighted by Crippen LogP contribution is -2.11. The number of carbonyl (C=O) groups excluding carboxylic acids is 1. The fourth-order valence-corrected chi connectivity index (χ4v) is 1.27. The highest BCUT2D eigenvalue weighted by atomic mass is 16.6. The monoisotopic (exact) mass is 238 g/mol. The molecule has 0 unspecified atom stereocenters. The molecule has 0 saturated heterocycles. The van der Waals surface area contributed by atoms with Crippen LogP contribution >= 0.6 is 0 Å². The maximum Gasteiger partial charge on any atom is 0.273 e. The van der Waals surface area contributed by atoms with Gasteiger partial charge in [0.25, 0.3) is 5.69 Å². The van der Waals surface area contributed by atoms with Crippen LogP contribution < -0.4 is 10.1 Å². The maximum atomic E-state index is 11.0. The summed E-state index contributed by atoms with van der Waals surface area (Å²) in [4.78, 5) is 21.1. The lowest BCUT2D eigenvalue weighted by molar-refractivity contribution is -0.384. The molecule has 0 aromatic heterocycles. The van der Waals surface area contributed by atoms with Crippen molar-refractivity contribution >= 4 is 17.3 Å². The number of carbonyl (C=O) groups is 1. The molecule has 0 atom stereocenters. The van der Waals surface area contributed by atoms with Crippen molar-refractivity contribution in [3.63, 3.8) is 0 Å². The fraction of sp³-hybridized carbons (Fsp3) is 0.364. The lowest BCUT2D eigenvalue weighted by Gasteiger charge is -2.14. The molecule has 1 aromatic rings. The molecule has 1 rings (SSSR count). The van der Waals surface area contributed by atoms with Gasteiger partial charge in [-0.15, -0.1) is 0 Å². The highest BCUT2D eigenvalue weighted by molar-refractivity contribution is 5.90. The Morgan fingerprint density at radius 1 is 1.47 bits per heavy atom. The Kier molecular flexibility index (Phi) is 4.03. The fourth-order valence-electron chi connectivity index (χ4n) is 1.27. The number of rotatable bonds is 4. The summed E-state index contributed by atoms with van der Waals surface area (Å²) in [7, 11) is 0. The van der Waals surface area contributed by atoms with Gasteiger partial charge in [0.1, 0.15) is 5.75 Å². The predicted molar refractivity (Wildman–Crippen MR) is 63.2 cm³/mol. The lowest BCUT2D eigenvalue weighted by atomic mass is 10.2. The van der Waals surface area contributed by atoms with Gasteiger partial charge in [-0.3, -0.25) is 14.9 Å². The Morgan fingerprint density at radius 3 is 2.59 bits per heavy atom. The number of anilines is 1. The molecule has 1 amide bonds. The number of nitro groups is 1. The second-order valence-corrected chi connectivity index (χ2v) is 3.79. The van der Waals surface area contributed by atoms with Gasteiger partial charge in [0, 0.05) is 13.0 Å². The minimum Gasteiger partial charge on any atom is -0.489 e. The van der Waals surface area contributed by atoms with Crippen molar-refractivity contribution in [1.29, 1.82) is 0 Å². The van der Waals surface area contributed by atoms with Crippen molar-refractivity contribution in [1.82, 2.24) is 0 Å². The first kappa shape index (κ1) is 13.0. The Hall–Kier alpha value is -2.11. The zero-order valence-corrected chi connectivity index (χ0v) is 9.89. The van der Waals surface area contributed by atoms with Gasteiger partial charge in [0.05, 0.1) is 22.8 Å². The zero-order chi connectivity index (χ0) is 13.0. The van der Waals surface area contributed by atoms with Crippen LogP contribution in [0, 0.1) is 10.1 Å². The van der Waals surface area contributed by atoms with Crippen LogP contribution in [0.2, 0.25) is 0 Å².